The van der Waals surface area contributed by atoms with Crippen molar-refractivity contribution in [2.75, 3.05) is 24.7 Å². The molecule has 0 aliphatic heterocycles. The molecule has 0 spiro atoms. The summed E-state index contributed by atoms with van der Waals surface area (Å²) in [5.41, 5.74) is 7.81. The van der Waals surface area contributed by atoms with Crippen LogP contribution in [0.25, 0.3) is 10.9 Å². The van der Waals surface area contributed by atoms with Crippen molar-refractivity contribution in [3.8, 4) is 0 Å². The molecule has 112 valence electrons. The van der Waals surface area contributed by atoms with E-state index in [-0.39, 0.29) is 17.3 Å². The summed E-state index contributed by atoms with van der Waals surface area (Å²) >= 11 is 5.03. The minimum atomic E-state index is -3.27. The van der Waals surface area contributed by atoms with Crippen molar-refractivity contribution < 1.29 is 8.42 Å². The van der Waals surface area contributed by atoms with Crippen LogP contribution in [0.4, 0.5) is 5.69 Å². The molecule has 4 N–H and O–H groups in total. The second kappa shape index (κ2) is 6.33. The number of anilines is 1. The molecular weight excluding hydrogens is 308 g/mol. The monoisotopic (exact) mass is 324 g/mol. The molecule has 8 heteroatoms. The number of pyridine rings is 1. The first-order valence-electron chi connectivity index (χ1n) is 6.27. The highest BCUT2D eigenvalue weighted by Crippen LogP contribution is 2.25. The van der Waals surface area contributed by atoms with Gasteiger partial charge in [-0.3, -0.25) is 4.98 Å². The highest BCUT2D eigenvalue weighted by atomic mass is 32.2. The summed E-state index contributed by atoms with van der Waals surface area (Å²) in [5.74, 6) is -0.0447. The van der Waals surface area contributed by atoms with E-state index in [9.17, 15) is 8.42 Å². The number of para-hydroxylation sites is 1. The molecule has 1 aromatic carbocycles. The van der Waals surface area contributed by atoms with Crippen LogP contribution >= 0.6 is 12.2 Å². The van der Waals surface area contributed by atoms with E-state index < -0.39 is 10.0 Å². The normalized spacial score (nSPS) is 11.5. The van der Waals surface area contributed by atoms with E-state index in [1.165, 1.54) is 7.05 Å². The third kappa shape index (κ3) is 3.66. The zero-order valence-electron chi connectivity index (χ0n) is 11.5. The smallest absolute Gasteiger partial charge is 0.213 e. The summed E-state index contributed by atoms with van der Waals surface area (Å²) in [7, 11) is -1.88. The van der Waals surface area contributed by atoms with Gasteiger partial charge in [0.2, 0.25) is 10.0 Å². The fourth-order valence-electron chi connectivity index (χ4n) is 1.93. The minimum Gasteiger partial charge on any atom is -0.389 e. The predicted octanol–water partition coefficient (Wildman–Crippen LogP) is 0.830. The lowest BCUT2D eigenvalue weighted by Crippen LogP contribution is -2.26. The van der Waals surface area contributed by atoms with E-state index in [4.69, 9.17) is 18.0 Å². The number of aromatic nitrogens is 1. The number of sulfonamides is 1. The van der Waals surface area contributed by atoms with Gasteiger partial charge in [-0.2, -0.15) is 0 Å². The standard InChI is InChI=1S/C13H16N4O2S2/c1-15-21(18,19)7-6-16-12-9-4-2-3-5-11(9)17-8-10(12)13(14)20/h2-5,8,15H,6-7H2,1H3,(H2,14,20)(H,16,17). The van der Waals surface area contributed by atoms with Gasteiger partial charge >= 0.3 is 0 Å². The third-order valence-corrected chi connectivity index (χ3v) is 4.61. The fourth-order valence-corrected chi connectivity index (χ4v) is 2.66. The van der Waals surface area contributed by atoms with Crippen molar-refractivity contribution in [1.82, 2.24) is 9.71 Å². The number of nitrogens with two attached hydrogens (primary N) is 1. The molecule has 0 radical (unpaired) electrons. The van der Waals surface area contributed by atoms with Gasteiger partial charge < -0.3 is 11.1 Å². The number of nitrogens with zero attached hydrogens (tertiary/aromatic N) is 1. The maximum Gasteiger partial charge on any atom is 0.213 e. The van der Waals surface area contributed by atoms with E-state index >= 15 is 0 Å². The Bertz CT molecular complexity index is 775. The highest BCUT2D eigenvalue weighted by Gasteiger charge is 2.12. The van der Waals surface area contributed by atoms with Crippen LogP contribution in [-0.4, -0.2) is 37.7 Å². The maximum absolute atomic E-state index is 11.5. The lowest BCUT2D eigenvalue weighted by molar-refractivity contribution is 0.588. The van der Waals surface area contributed by atoms with Crippen molar-refractivity contribution in [3.63, 3.8) is 0 Å². The molecule has 0 aliphatic carbocycles. The summed E-state index contributed by atoms with van der Waals surface area (Å²) in [6.45, 7) is 0.243. The van der Waals surface area contributed by atoms with Gasteiger partial charge in [-0.15, -0.1) is 0 Å². The van der Waals surface area contributed by atoms with Gasteiger partial charge in [-0.05, 0) is 13.1 Å². The van der Waals surface area contributed by atoms with Gasteiger partial charge in [0.25, 0.3) is 0 Å². The Morgan fingerprint density at radius 2 is 2.10 bits per heavy atom. The first kappa shape index (κ1) is 15.6. The summed E-state index contributed by atoms with van der Waals surface area (Å²) in [6.07, 6.45) is 1.60. The third-order valence-electron chi connectivity index (χ3n) is 3.02. The van der Waals surface area contributed by atoms with Crippen LogP contribution in [0.1, 0.15) is 5.56 Å². The van der Waals surface area contributed by atoms with Crippen LogP contribution in [0, 0.1) is 0 Å². The first-order valence-corrected chi connectivity index (χ1v) is 8.33. The molecule has 0 saturated carbocycles. The molecule has 0 aliphatic rings. The van der Waals surface area contributed by atoms with E-state index in [2.05, 4.69) is 15.0 Å². The quantitative estimate of drug-likeness (QED) is 0.681. The van der Waals surface area contributed by atoms with E-state index in [1.807, 2.05) is 24.3 Å². The van der Waals surface area contributed by atoms with Gasteiger partial charge in [0.05, 0.1) is 22.5 Å². The Hall–Kier alpha value is -1.77. The molecule has 1 heterocycles. The number of nitrogens with one attached hydrogen (secondary N) is 2. The summed E-state index contributed by atoms with van der Waals surface area (Å²) in [6, 6.07) is 7.51. The lowest BCUT2D eigenvalue weighted by atomic mass is 10.1. The van der Waals surface area contributed by atoms with Crippen LogP contribution in [-0.2, 0) is 10.0 Å². The van der Waals surface area contributed by atoms with E-state index in [0.717, 1.165) is 10.9 Å². The second-order valence-corrected chi connectivity index (χ2v) is 6.86. The second-order valence-electron chi connectivity index (χ2n) is 4.38. The molecule has 21 heavy (non-hydrogen) atoms. The maximum atomic E-state index is 11.5. The molecule has 0 atom stereocenters. The van der Waals surface area contributed by atoms with Gasteiger partial charge in [0.1, 0.15) is 4.99 Å². The van der Waals surface area contributed by atoms with E-state index in [1.54, 1.807) is 6.20 Å². The zero-order valence-corrected chi connectivity index (χ0v) is 13.1. The van der Waals surface area contributed by atoms with Crippen molar-refractivity contribution in [2.24, 2.45) is 5.73 Å². The molecule has 0 amide bonds. The molecule has 0 unspecified atom stereocenters. The van der Waals surface area contributed by atoms with E-state index in [0.29, 0.717) is 11.3 Å². The van der Waals surface area contributed by atoms with Crippen LogP contribution in [0.5, 0.6) is 0 Å². The van der Waals surface area contributed by atoms with Crippen molar-refractivity contribution in [2.45, 2.75) is 0 Å². The first-order chi connectivity index (χ1) is 9.94. The van der Waals surface area contributed by atoms with Crippen LogP contribution in [0.3, 0.4) is 0 Å². The number of thiocarbonyl (C=S) groups is 1. The molecule has 2 rings (SSSR count). The zero-order chi connectivity index (χ0) is 15.5. The summed E-state index contributed by atoms with van der Waals surface area (Å²) < 4.78 is 25.2. The molecule has 1 aromatic heterocycles. The molecule has 2 aromatic rings. The number of rotatable bonds is 6. The van der Waals surface area contributed by atoms with Crippen LogP contribution < -0.4 is 15.8 Å². The SMILES string of the molecule is CNS(=O)(=O)CCNc1c(C(N)=S)cnc2ccccc12. The Labute approximate surface area is 128 Å². The Morgan fingerprint density at radius 1 is 1.38 bits per heavy atom. The topological polar surface area (TPSA) is 97.1 Å². The Balaban J connectivity index is 2.36. The van der Waals surface area contributed by atoms with Gasteiger partial charge in [-0.1, -0.05) is 30.4 Å². The average Bonchev–Trinajstić information content (AvgIpc) is 2.47. The largest absolute Gasteiger partial charge is 0.389 e. The lowest BCUT2D eigenvalue weighted by Gasteiger charge is -2.14. The predicted molar refractivity (Wildman–Crippen MR) is 89.0 cm³/mol. The number of hydrogen-bond donors (Lipinski definition) is 3. The minimum absolute atomic E-state index is 0.0447. The van der Waals surface area contributed by atoms with Gasteiger partial charge in [0, 0.05) is 18.1 Å². The Morgan fingerprint density at radius 3 is 2.76 bits per heavy atom. The summed E-state index contributed by atoms with van der Waals surface area (Å²) in [4.78, 5) is 4.51. The average molecular weight is 324 g/mol. The molecule has 0 bridgehead atoms. The molecular formula is C13H16N4O2S2. The molecule has 6 nitrogen and oxygen atoms in total. The Kier molecular flexibility index (Phi) is 4.71. The number of benzene rings is 1. The van der Waals surface area contributed by atoms with Gasteiger partial charge in [0.15, 0.2) is 0 Å². The number of hydrogen-bond acceptors (Lipinski definition) is 5. The molecule has 0 fully saturated rings. The van der Waals surface area contributed by atoms with Crippen molar-refractivity contribution in [3.05, 3.63) is 36.0 Å². The van der Waals surface area contributed by atoms with Crippen molar-refractivity contribution >= 4 is 43.8 Å². The van der Waals surface area contributed by atoms with Gasteiger partial charge in [-0.25, -0.2) is 13.1 Å². The van der Waals surface area contributed by atoms with Crippen LogP contribution in [0.15, 0.2) is 30.5 Å². The van der Waals surface area contributed by atoms with Crippen molar-refractivity contribution in [1.29, 1.82) is 0 Å². The fraction of sp³-hybridized carbons (Fsp3) is 0.231. The highest BCUT2D eigenvalue weighted by molar-refractivity contribution is 7.89. The molecule has 0 saturated heterocycles. The summed E-state index contributed by atoms with van der Waals surface area (Å²) in [5, 5.41) is 3.95. The van der Waals surface area contributed by atoms with Crippen LogP contribution in [0.2, 0.25) is 0 Å². The number of fused-ring (bicyclic) bond motifs is 1.